The van der Waals surface area contributed by atoms with Crippen molar-refractivity contribution in [1.82, 2.24) is 9.88 Å². The van der Waals surface area contributed by atoms with Gasteiger partial charge in [-0.25, -0.2) is 4.98 Å². The van der Waals surface area contributed by atoms with Crippen LogP contribution in [0.3, 0.4) is 0 Å². The van der Waals surface area contributed by atoms with E-state index in [0.29, 0.717) is 16.3 Å². The largest absolute Gasteiger partial charge is 0.342 e. The SMILES string of the molecule is CCc1ccc2nc(SCC(=O)N3CCCC3)c(C#N)cc2c1. The fourth-order valence-electron chi connectivity index (χ4n) is 2.81. The van der Waals surface area contributed by atoms with Crippen LogP contribution in [-0.2, 0) is 11.2 Å². The highest BCUT2D eigenvalue weighted by Gasteiger charge is 2.19. The first-order chi connectivity index (χ1) is 11.2. The summed E-state index contributed by atoms with van der Waals surface area (Å²) in [5.41, 5.74) is 2.65. The molecule has 0 N–H and O–H groups in total. The number of hydrogen-bond donors (Lipinski definition) is 0. The van der Waals surface area contributed by atoms with E-state index in [4.69, 9.17) is 0 Å². The molecule has 23 heavy (non-hydrogen) atoms. The van der Waals surface area contributed by atoms with Crippen LogP contribution in [0.5, 0.6) is 0 Å². The van der Waals surface area contributed by atoms with Crippen LogP contribution in [-0.4, -0.2) is 34.6 Å². The van der Waals surface area contributed by atoms with Crippen molar-refractivity contribution in [2.45, 2.75) is 31.2 Å². The van der Waals surface area contributed by atoms with E-state index in [1.165, 1.54) is 17.3 Å². The van der Waals surface area contributed by atoms with Crippen LogP contribution in [0.2, 0.25) is 0 Å². The monoisotopic (exact) mass is 325 g/mol. The maximum Gasteiger partial charge on any atom is 0.232 e. The van der Waals surface area contributed by atoms with Crippen LogP contribution in [0.1, 0.15) is 30.9 Å². The number of carbonyl (C=O) groups excluding carboxylic acids is 1. The molecule has 118 valence electrons. The summed E-state index contributed by atoms with van der Waals surface area (Å²) in [6, 6.07) is 10.2. The standard InChI is InChI=1S/C18H19N3OS/c1-2-13-5-6-16-14(9-13)10-15(11-19)18(20-16)23-12-17(22)21-7-3-4-8-21/h5-6,9-10H,2-4,7-8,12H2,1H3. The summed E-state index contributed by atoms with van der Waals surface area (Å²) in [5, 5.41) is 11.0. The Labute approximate surface area is 140 Å². The van der Waals surface area contributed by atoms with E-state index in [9.17, 15) is 10.1 Å². The van der Waals surface area contributed by atoms with Crippen LogP contribution in [0, 0.1) is 11.3 Å². The molecular formula is C18H19N3OS. The Bertz CT molecular complexity index is 776. The fraction of sp³-hybridized carbons (Fsp3) is 0.389. The highest BCUT2D eigenvalue weighted by molar-refractivity contribution is 8.00. The zero-order valence-corrected chi connectivity index (χ0v) is 14.0. The summed E-state index contributed by atoms with van der Waals surface area (Å²) >= 11 is 1.37. The van der Waals surface area contributed by atoms with E-state index >= 15 is 0 Å². The fourth-order valence-corrected chi connectivity index (χ4v) is 3.67. The number of benzene rings is 1. The van der Waals surface area contributed by atoms with E-state index in [1.807, 2.05) is 17.0 Å². The summed E-state index contributed by atoms with van der Waals surface area (Å²) < 4.78 is 0. The molecule has 0 bridgehead atoms. The number of amides is 1. The van der Waals surface area contributed by atoms with Gasteiger partial charge in [0, 0.05) is 18.5 Å². The first kappa shape index (κ1) is 15.8. The Kier molecular flexibility index (Phi) is 4.82. The van der Waals surface area contributed by atoms with Gasteiger partial charge in [0.25, 0.3) is 0 Å². The normalized spacial score (nSPS) is 14.2. The zero-order chi connectivity index (χ0) is 16.2. The van der Waals surface area contributed by atoms with Gasteiger partial charge in [-0.15, -0.1) is 0 Å². The second-order valence-corrected chi connectivity index (χ2v) is 6.67. The van der Waals surface area contributed by atoms with E-state index in [2.05, 4.69) is 30.1 Å². The van der Waals surface area contributed by atoms with Gasteiger partial charge in [-0.05, 0) is 43.0 Å². The molecule has 0 unspecified atom stereocenters. The minimum absolute atomic E-state index is 0.139. The highest BCUT2D eigenvalue weighted by Crippen LogP contribution is 2.26. The Morgan fingerprint density at radius 2 is 2.13 bits per heavy atom. The molecule has 1 fully saturated rings. The van der Waals surface area contributed by atoms with Crippen molar-refractivity contribution >= 4 is 28.6 Å². The quantitative estimate of drug-likeness (QED) is 0.809. The van der Waals surface area contributed by atoms with Crippen molar-refractivity contribution in [3.05, 3.63) is 35.4 Å². The second-order valence-electron chi connectivity index (χ2n) is 5.71. The third kappa shape index (κ3) is 3.48. The lowest BCUT2D eigenvalue weighted by Crippen LogP contribution is -2.29. The van der Waals surface area contributed by atoms with E-state index in [0.717, 1.165) is 43.3 Å². The van der Waals surface area contributed by atoms with Crippen LogP contribution >= 0.6 is 11.8 Å². The van der Waals surface area contributed by atoms with Crippen molar-refractivity contribution < 1.29 is 4.79 Å². The van der Waals surface area contributed by atoms with Crippen molar-refractivity contribution in [2.24, 2.45) is 0 Å². The summed E-state index contributed by atoms with van der Waals surface area (Å²) in [6.07, 6.45) is 3.14. The van der Waals surface area contributed by atoms with Gasteiger partial charge in [0.1, 0.15) is 11.1 Å². The molecule has 1 saturated heterocycles. The van der Waals surface area contributed by atoms with Gasteiger partial charge < -0.3 is 4.90 Å². The topological polar surface area (TPSA) is 57.0 Å². The maximum atomic E-state index is 12.2. The third-order valence-corrected chi connectivity index (χ3v) is 5.14. The van der Waals surface area contributed by atoms with Gasteiger partial charge >= 0.3 is 0 Å². The minimum Gasteiger partial charge on any atom is -0.342 e. The molecule has 1 aliphatic rings. The average Bonchev–Trinajstić information content (AvgIpc) is 3.12. The summed E-state index contributed by atoms with van der Waals surface area (Å²) in [7, 11) is 0. The smallest absolute Gasteiger partial charge is 0.232 e. The van der Waals surface area contributed by atoms with Crippen molar-refractivity contribution in [3.63, 3.8) is 0 Å². The number of likely N-dealkylation sites (tertiary alicyclic amines) is 1. The number of aromatic nitrogens is 1. The molecule has 1 aliphatic heterocycles. The van der Waals surface area contributed by atoms with Crippen LogP contribution in [0.25, 0.3) is 10.9 Å². The number of nitriles is 1. The Morgan fingerprint density at radius 3 is 2.83 bits per heavy atom. The predicted molar refractivity (Wildman–Crippen MR) is 92.4 cm³/mol. The lowest BCUT2D eigenvalue weighted by molar-refractivity contribution is -0.127. The van der Waals surface area contributed by atoms with Crippen molar-refractivity contribution in [3.8, 4) is 6.07 Å². The third-order valence-electron chi connectivity index (χ3n) is 4.16. The van der Waals surface area contributed by atoms with Crippen LogP contribution < -0.4 is 0 Å². The van der Waals surface area contributed by atoms with Gasteiger partial charge in [-0.3, -0.25) is 4.79 Å². The Morgan fingerprint density at radius 1 is 1.35 bits per heavy atom. The predicted octanol–water partition coefficient (Wildman–Crippen LogP) is 3.38. The van der Waals surface area contributed by atoms with E-state index in [-0.39, 0.29) is 5.91 Å². The zero-order valence-electron chi connectivity index (χ0n) is 13.2. The number of rotatable bonds is 4. The molecule has 0 aliphatic carbocycles. The molecule has 2 aromatic rings. The lowest BCUT2D eigenvalue weighted by Gasteiger charge is -2.14. The molecule has 4 nitrogen and oxygen atoms in total. The summed E-state index contributed by atoms with van der Waals surface area (Å²) in [4.78, 5) is 18.6. The van der Waals surface area contributed by atoms with Crippen molar-refractivity contribution in [1.29, 1.82) is 5.26 Å². The molecule has 1 aromatic heterocycles. The maximum absolute atomic E-state index is 12.2. The average molecular weight is 325 g/mol. The summed E-state index contributed by atoms with van der Waals surface area (Å²) in [6.45, 7) is 3.82. The minimum atomic E-state index is 0.139. The number of pyridine rings is 1. The first-order valence-corrected chi connectivity index (χ1v) is 8.94. The van der Waals surface area contributed by atoms with Gasteiger partial charge in [0.15, 0.2) is 0 Å². The number of carbonyl (C=O) groups is 1. The van der Waals surface area contributed by atoms with Gasteiger partial charge in [0.05, 0.1) is 16.8 Å². The van der Waals surface area contributed by atoms with Gasteiger partial charge in [-0.1, -0.05) is 24.8 Å². The molecule has 2 heterocycles. The van der Waals surface area contributed by atoms with E-state index in [1.54, 1.807) is 0 Å². The molecule has 1 aromatic carbocycles. The van der Waals surface area contributed by atoms with Gasteiger partial charge in [0.2, 0.25) is 5.91 Å². The van der Waals surface area contributed by atoms with Crippen LogP contribution in [0.4, 0.5) is 0 Å². The van der Waals surface area contributed by atoms with Crippen LogP contribution in [0.15, 0.2) is 29.3 Å². The van der Waals surface area contributed by atoms with E-state index < -0.39 is 0 Å². The second kappa shape index (κ2) is 7.01. The number of nitrogens with zero attached hydrogens (tertiary/aromatic N) is 3. The molecule has 3 rings (SSSR count). The number of fused-ring (bicyclic) bond motifs is 1. The van der Waals surface area contributed by atoms with Gasteiger partial charge in [-0.2, -0.15) is 5.26 Å². The molecule has 0 spiro atoms. The lowest BCUT2D eigenvalue weighted by atomic mass is 10.1. The molecule has 0 saturated carbocycles. The Balaban J connectivity index is 1.82. The Hall–Kier alpha value is -2.06. The first-order valence-electron chi connectivity index (χ1n) is 7.95. The number of thioether (sulfide) groups is 1. The summed E-state index contributed by atoms with van der Waals surface area (Å²) in [5.74, 6) is 0.486. The molecule has 0 atom stereocenters. The molecule has 0 radical (unpaired) electrons. The molecule has 1 amide bonds. The number of hydrogen-bond acceptors (Lipinski definition) is 4. The highest BCUT2D eigenvalue weighted by atomic mass is 32.2. The van der Waals surface area contributed by atoms with Crippen molar-refractivity contribution in [2.75, 3.05) is 18.8 Å². The molecular weight excluding hydrogens is 306 g/mol. The molecule has 5 heteroatoms. The number of aryl methyl sites for hydroxylation is 1.